The summed E-state index contributed by atoms with van der Waals surface area (Å²) in [6, 6.07) is 80.5. The van der Waals surface area contributed by atoms with Crippen LogP contribution in [-0.4, -0.2) is 0 Å². The highest BCUT2D eigenvalue weighted by molar-refractivity contribution is 5.93. The molecular weight excluding hydrogens is 667 g/mol. The van der Waals surface area contributed by atoms with Crippen molar-refractivity contribution < 1.29 is 4.74 Å². The van der Waals surface area contributed by atoms with Gasteiger partial charge in [-0.25, -0.2) is 0 Å². The van der Waals surface area contributed by atoms with Crippen LogP contribution in [0.25, 0.3) is 33.0 Å². The van der Waals surface area contributed by atoms with E-state index in [4.69, 9.17) is 4.74 Å². The zero-order chi connectivity index (χ0) is 36.6. The fourth-order valence-electron chi connectivity index (χ4n) is 8.47. The molecular formula is C53H37NO. The van der Waals surface area contributed by atoms with E-state index in [2.05, 4.69) is 229 Å². The first-order valence-electron chi connectivity index (χ1n) is 18.8. The van der Waals surface area contributed by atoms with E-state index in [0.717, 1.165) is 39.7 Å². The monoisotopic (exact) mass is 703 g/mol. The van der Waals surface area contributed by atoms with Gasteiger partial charge in [-0.05, 0) is 92.7 Å². The Balaban J connectivity index is 1.16. The van der Waals surface area contributed by atoms with Crippen LogP contribution >= 0.6 is 0 Å². The molecule has 0 bridgehead atoms. The van der Waals surface area contributed by atoms with Gasteiger partial charge in [0.2, 0.25) is 0 Å². The molecule has 1 aliphatic heterocycles. The van der Waals surface area contributed by atoms with Gasteiger partial charge in [0.25, 0.3) is 0 Å². The lowest BCUT2D eigenvalue weighted by atomic mass is 9.62. The second-order valence-electron chi connectivity index (χ2n) is 14.1. The van der Waals surface area contributed by atoms with Crippen LogP contribution in [0.15, 0.2) is 224 Å². The van der Waals surface area contributed by atoms with Crippen LogP contribution in [0.5, 0.6) is 11.5 Å². The van der Waals surface area contributed by atoms with Gasteiger partial charge in [-0.2, -0.15) is 0 Å². The quantitative estimate of drug-likeness (QED) is 0.164. The number of fused-ring (bicyclic) bond motifs is 4. The molecule has 260 valence electrons. The molecule has 0 saturated carbocycles. The van der Waals surface area contributed by atoms with E-state index in [1.165, 1.54) is 44.2 Å². The summed E-state index contributed by atoms with van der Waals surface area (Å²) < 4.78 is 6.74. The number of ether oxygens (including phenoxy) is 1. The smallest absolute Gasteiger partial charge is 0.132 e. The Hall–Kier alpha value is -7.16. The number of hydrogen-bond acceptors (Lipinski definition) is 2. The SMILES string of the molecule is c1ccc(-c2ccc(N(c3ccc(-c4ccccc4)cc3)c3ccc(C4(c5ccccc5)c5ccccc5Oc5ccc6ccccc6c54)cc3)cc2)cc1. The first-order valence-corrected chi connectivity index (χ1v) is 18.8. The van der Waals surface area contributed by atoms with Crippen LogP contribution in [0.3, 0.4) is 0 Å². The summed E-state index contributed by atoms with van der Waals surface area (Å²) in [5.41, 5.74) is 12.1. The van der Waals surface area contributed by atoms with Gasteiger partial charge >= 0.3 is 0 Å². The second-order valence-corrected chi connectivity index (χ2v) is 14.1. The minimum Gasteiger partial charge on any atom is -0.457 e. The molecule has 0 aliphatic carbocycles. The standard InChI is InChI=1S/C53H37NO/c1-4-14-38(15-5-1)40-24-31-45(32-25-40)54(46-33-26-41(27-34-46)39-16-6-2-7-17-39)47-35-29-44(30-36-47)53(43-19-8-3-9-20-43)49-22-12-13-23-50(49)55-51-37-28-42-18-10-11-21-48(42)52(51)53/h1-37H. The van der Waals surface area contributed by atoms with Crippen molar-refractivity contribution in [1.82, 2.24) is 0 Å². The van der Waals surface area contributed by atoms with E-state index >= 15 is 0 Å². The fraction of sp³-hybridized carbons (Fsp3) is 0.0189. The van der Waals surface area contributed by atoms with Crippen LogP contribution in [0.1, 0.15) is 22.3 Å². The molecule has 1 unspecified atom stereocenters. The zero-order valence-electron chi connectivity index (χ0n) is 30.2. The Morgan fingerprint density at radius 2 is 0.782 bits per heavy atom. The maximum absolute atomic E-state index is 6.74. The van der Waals surface area contributed by atoms with Gasteiger partial charge in [-0.15, -0.1) is 0 Å². The molecule has 0 N–H and O–H groups in total. The van der Waals surface area contributed by atoms with Crippen molar-refractivity contribution in [1.29, 1.82) is 0 Å². The van der Waals surface area contributed by atoms with Crippen molar-refractivity contribution in [3.8, 4) is 33.8 Å². The molecule has 1 atom stereocenters. The summed E-state index contributed by atoms with van der Waals surface area (Å²) in [4.78, 5) is 2.35. The summed E-state index contributed by atoms with van der Waals surface area (Å²) in [5.74, 6) is 1.75. The molecule has 55 heavy (non-hydrogen) atoms. The summed E-state index contributed by atoms with van der Waals surface area (Å²) in [6.07, 6.45) is 0. The normalized spacial score (nSPS) is 14.4. The number of rotatable bonds is 7. The second kappa shape index (κ2) is 13.7. The Labute approximate surface area is 322 Å². The number of para-hydroxylation sites is 1. The zero-order valence-corrected chi connectivity index (χ0v) is 30.2. The van der Waals surface area contributed by atoms with Gasteiger partial charge in [0.05, 0.1) is 5.41 Å². The molecule has 0 saturated heterocycles. The van der Waals surface area contributed by atoms with E-state index in [0.29, 0.717) is 0 Å². The van der Waals surface area contributed by atoms with Gasteiger partial charge in [-0.3, -0.25) is 0 Å². The van der Waals surface area contributed by atoms with Crippen molar-refractivity contribution >= 4 is 27.8 Å². The van der Waals surface area contributed by atoms with Crippen LogP contribution in [0.4, 0.5) is 17.1 Å². The molecule has 0 fully saturated rings. The number of hydrogen-bond donors (Lipinski definition) is 0. The Bertz CT molecular complexity index is 2660. The van der Waals surface area contributed by atoms with Crippen molar-refractivity contribution in [2.75, 3.05) is 4.90 Å². The molecule has 0 radical (unpaired) electrons. The molecule has 9 aromatic rings. The molecule has 1 heterocycles. The lowest BCUT2D eigenvalue weighted by molar-refractivity contribution is 0.436. The topological polar surface area (TPSA) is 12.5 Å². The van der Waals surface area contributed by atoms with Crippen LogP contribution < -0.4 is 9.64 Å². The largest absolute Gasteiger partial charge is 0.457 e. The first kappa shape index (κ1) is 32.5. The highest BCUT2D eigenvalue weighted by Crippen LogP contribution is 2.57. The minimum atomic E-state index is -0.635. The van der Waals surface area contributed by atoms with Crippen LogP contribution in [0, 0.1) is 0 Å². The van der Waals surface area contributed by atoms with Gasteiger partial charge in [0.1, 0.15) is 11.5 Å². The lowest BCUT2D eigenvalue weighted by Gasteiger charge is -2.42. The molecule has 2 nitrogen and oxygen atoms in total. The number of benzene rings is 9. The maximum Gasteiger partial charge on any atom is 0.132 e. The van der Waals surface area contributed by atoms with E-state index in [9.17, 15) is 0 Å². The van der Waals surface area contributed by atoms with Crippen molar-refractivity contribution in [2.24, 2.45) is 0 Å². The Kier molecular flexibility index (Phi) is 8.08. The Morgan fingerprint density at radius 3 is 1.38 bits per heavy atom. The average Bonchev–Trinajstić information content (AvgIpc) is 3.27. The van der Waals surface area contributed by atoms with Crippen molar-refractivity contribution in [3.05, 3.63) is 247 Å². The predicted molar refractivity (Wildman–Crippen MR) is 228 cm³/mol. The van der Waals surface area contributed by atoms with E-state index in [-0.39, 0.29) is 0 Å². The molecule has 0 spiro atoms. The summed E-state index contributed by atoms with van der Waals surface area (Å²) in [7, 11) is 0. The highest BCUT2D eigenvalue weighted by atomic mass is 16.5. The third-order valence-corrected chi connectivity index (χ3v) is 11.0. The van der Waals surface area contributed by atoms with E-state index in [1.54, 1.807) is 0 Å². The Morgan fingerprint density at radius 1 is 0.327 bits per heavy atom. The maximum atomic E-state index is 6.74. The predicted octanol–water partition coefficient (Wildman–Crippen LogP) is 14.1. The molecule has 1 aliphatic rings. The number of anilines is 3. The summed E-state index contributed by atoms with van der Waals surface area (Å²) in [6.45, 7) is 0. The first-order chi connectivity index (χ1) is 27.3. The molecule has 2 heteroatoms. The van der Waals surface area contributed by atoms with Crippen molar-refractivity contribution in [3.63, 3.8) is 0 Å². The van der Waals surface area contributed by atoms with Gasteiger partial charge in [0.15, 0.2) is 0 Å². The third kappa shape index (κ3) is 5.59. The fourth-order valence-corrected chi connectivity index (χ4v) is 8.47. The number of nitrogens with zero attached hydrogens (tertiary/aromatic N) is 1. The average molecular weight is 704 g/mol. The van der Waals surface area contributed by atoms with Gasteiger partial charge in [-0.1, -0.05) is 176 Å². The van der Waals surface area contributed by atoms with E-state index < -0.39 is 5.41 Å². The van der Waals surface area contributed by atoms with Crippen molar-refractivity contribution in [2.45, 2.75) is 5.41 Å². The molecule has 10 rings (SSSR count). The minimum absolute atomic E-state index is 0.635. The van der Waals surface area contributed by atoms with Crippen LogP contribution in [0.2, 0.25) is 0 Å². The van der Waals surface area contributed by atoms with Gasteiger partial charge in [0, 0.05) is 28.2 Å². The third-order valence-electron chi connectivity index (χ3n) is 11.0. The molecule has 0 aromatic heterocycles. The van der Waals surface area contributed by atoms with Gasteiger partial charge < -0.3 is 9.64 Å². The molecule has 0 amide bonds. The molecule has 9 aromatic carbocycles. The van der Waals surface area contributed by atoms with Crippen LogP contribution in [-0.2, 0) is 5.41 Å². The van der Waals surface area contributed by atoms with E-state index in [1.807, 2.05) is 0 Å². The summed E-state index contributed by atoms with van der Waals surface area (Å²) in [5, 5.41) is 2.37. The lowest BCUT2D eigenvalue weighted by Crippen LogP contribution is -2.34. The summed E-state index contributed by atoms with van der Waals surface area (Å²) >= 11 is 0. The highest BCUT2D eigenvalue weighted by Gasteiger charge is 2.46.